The highest BCUT2D eigenvalue weighted by molar-refractivity contribution is 5.81. The van der Waals surface area contributed by atoms with E-state index in [0.717, 1.165) is 24.2 Å². The number of benzene rings is 1. The van der Waals surface area contributed by atoms with E-state index in [4.69, 9.17) is 9.15 Å². The van der Waals surface area contributed by atoms with Crippen molar-refractivity contribution in [3.05, 3.63) is 54.0 Å². The van der Waals surface area contributed by atoms with Crippen LogP contribution < -0.4 is 4.74 Å². The van der Waals surface area contributed by atoms with Crippen LogP contribution in [0, 0.1) is 5.92 Å². The van der Waals surface area contributed by atoms with Crippen LogP contribution >= 0.6 is 0 Å². The van der Waals surface area contributed by atoms with Crippen LogP contribution in [-0.4, -0.2) is 28.6 Å². The van der Waals surface area contributed by atoms with Gasteiger partial charge in [-0.05, 0) is 55.5 Å². The molecule has 1 aliphatic heterocycles. The van der Waals surface area contributed by atoms with Gasteiger partial charge in [0.1, 0.15) is 11.5 Å². The molecule has 1 saturated heterocycles. The van der Waals surface area contributed by atoms with Crippen LogP contribution in [0.5, 0.6) is 5.75 Å². The second-order valence-corrected chi connectivity index (χ2v) is 6.76. The Morgan fingerprint density at radius 2 is 2.24 bits per heavy atom. The number of nitrogens with zero attached hydrogens (tertiary/aromatic N) is 1. The molecule has 134 valence electrons. The maximum absolute atomic E-state index is 13.0. The van der Waals surface area contributed by atoms with Crippen molar-refractivity contribution in [3.63, 3.8) is 0 Å². The number of furan rings is 1. The van der Waals surface area contributed by atoms with Gasteiger partial charge in [0, 0.05) is 6.54 Å². The van der Waals surface area contributed by atoms with Gasteiger partial charge >= 0.3 is 0 Å². The van der Waals surface area contributed by atoms with Gasteiger partial charge in [-0.25, -0.2) is 0 Å². The summed E-state index contributed by atoms with van der Waals surface area (Å²) < 4.78 is 11.4. The molecule has 3 unspecified atom stereocenters. The third-order valence-electron chi connectivity index (χ3n) is 4.76. The number of amides is 1. The molecule has 1 aliphatic rings. The predicted octanol–water partition coefficient (Wildman–Crippen LogP) is 3.54. The quantitative estimate of drug-likeness (QED) is 0.902. The predicted molar refractivity (Wildman–Crippen MR) is 94.0 cm³/mol. The van der Waals surface area contributed by atoms with Crippen molar-refractivity contribution >= 4 is 5.91 Å². The van der Waals surface area contributed by atoms with Gasteiger partial charge in [-0.2, -0.15) is 0 Å². The van der Waals surface area contributed by atoms with Gasteiger partial charge < -0.3 is 19.2 Å². The summed E-state index contributed by atoms with van der Waals surface area (Å²) >= 11 is 0. The number of ether oxygens (including phenoxy) is 1. The molecule has 0 bridgehead atoms. The Hall–Kier alpha value is -2.27. The summed E-state index contributed by atoms with van der Waals surface area (Å²) in [4.78, 5) is 14.9. The average molecular weight is 343 g/mol. The van der Waals surface area contributed by atoms with Crippen LogP contribution in [0.4, 0.5) is 0 Å². The Labute approximate surface area is 148 Å². The van der Waals surface area contributed by atoms with Crippen molar-refractivity contribution in [2.24, 2.45) is 5.92 Å². The smallest absolute Gasteiger partial charge is 0.263 e. The molecule has 3 atom stereocenters. The van der Waals surface area contributed by atoms with Crippen molar-refractivity contribution in [2.45, 2.75) is 45.4 Å². The van der Waals surface area contributed by atoms with Gasteiger partial charge in [0.15, 0.2) is 6.10 Å². The number of hydrogen-bond donors (Lipinski definition) is 1. The Balaban J connectivity index is 1.73. The number of aliphatic hydroxyl groups excluding tert-OH is 1. The van der Waals surface area contributed by atoms with Gasteiger partial charge in [0.05, 0.1) is 18.9 Å². The molecule has 0 aliphatic carbocycles. The molecule has 0 spiro atoms. The molecule has 1 N–H and O–H groups in total. The normalized spacial score (nSPS) is 21.8. The van der Waals surface area contributed by atoms with Gasteiger partial charge in [0.25, 0.3) is 5.91 Å². The number of hydrogen-bond acceptors (Lipinski definition) is 4. The molecule has 25 heavy (non-hydrogen) atoms. The zero-order valence-electron chi connectivity index (χ0n) is 14.7. The van der Waals surface area contributed by atoms with Crippen molar-refractivity contribution in [1.82, 2.24) is 4.90 Å². The summed E-state index contributed by atoms with van der Waals surface area (Å²) in [5.41, 5.74) is 0.761. The number of carbonyl (C=O) groups excluding carboxylic acids is 1. The highest BCUT2D eigenvalue weighted by atomic mass is 16.5. The van der Waals surface area contributed by atoms with E-state index >= 15 is 0 Å². The Bertz CT molecular complexity index is 697. The topological polar surface area (TPSA) is 62.9 Å². The lowest BCUT2D eigenvalue weighted by molar-refractivity contribution is -0.143. The summed E-state index contributed by atoms with van der Waals surface area (Å²) in [5, 5.41) is 9.23. The van der Waals surface area contributed by atoms with E-state index in [-0.39, 0.29) is 18.6 Å². The monoisotopic (exact) mass is 343 g/mol. The summed E-state index contributed by atoms with van der Waals surface area (Å²) in [5.74, 6) is 1.93. The fraction of sp³-hybridized carbons (Fsp3) is 0.450. The van der Waals surface area contributed by atoms with Gasteiger partial charge in [0.2, 0.25) is 0 Å². The molecule has 0 radical (unpaired) electrons. The third kappa shape index (κ3) is 4.04. The first-order valence-corrected chi connectivity index (χ1v) is 8.79. The van der Waals surface area contributed by atoms with Crippen molar-refractivity contribution in [1.29, 1.82) is 0 Å². The fourth-order valence-corrected chi connectivity index (χ4v) is 3.36. The standard InChI is InChI=1S/C20H25NO4/c1-14-8-9-21(18(11-14)19-7-4-10-24-19)20(23)15(2)25-17-6-3-5-16(12-17)13-22/h3-7,10,12,14-15,18,22H,8-9,11,13H2,1-2H3. The van der Waals surface area contributed by atoms with Crippen molar-refractivity contribution in [3.8, 4) is 5.75 Å². The second-order valence-electron chi connectivity index (χ2n) is 6.76. The first-order chi connectivity index (χ1) is 12.1. The molecule has 3 rings (SSSR count). The highest BCUT2D eigenvalue weighted by Crippen LogP contribution is 2.35. The van der Waals surface area contributed by atoms with E-state index in [0.29, 0.717) is 18.2 Å². The average Bonchev–Trinajstić information content (AvgIpc) is 3.15. The Morgan fingerprint density at radius 3 is 2.96 bits per heavy atom. The molecular weight excluding hydrogens is 318 g/mol. The molecule has 5 nitrogen and oxygen atoms in total. The maximum atomic E-state index is 13.0. The molecule has 2 aromatic rings. The van der Waals surface area contributed by atoms with Gasteiger partial charge in [-0.15, -0.1) is 0 Å². The maximum Gasteiger partial charge on any atom is 0.263 e. The molecular formula is C20H25NO4. The van der Waals surface area contributed by atoms with Crippen LogP contribution in [0.25, 0.3) is 0 Å². The number of rotatable bonds is 5. The SMILES string of the molecule is CC1CCN(C(=O)C(C)Oc2cccc(CO)c2)C(c2ccco2)C1. The summed E-state index contributed by atoms with van der Waals surface area (Å²) in [6.07, 6.45) is 2.93. The van der Waals surface area contributed by atoms with Crippen LogP contribution in [0.1, 0.15) is 44.1 Å². The number of piperidine rings is 1. The number of carbonyl (C=O) groups is 1. The number of aliphatic hydroxyl groups is 1. The zero-order chi connectivity index (χ0) is 17.8. The minimum Gasteiger partial charge on any atom is -0.481 e. The summed E-state index contributed by atoms with van der Waals surface area (Å²) in [6.45, 7) is 4.63. The van der Waals surface area contributed by atoms with Crippen LogP contribution in [0.3, 0.4) is 0 Å². The highest BCUT2D eigenvalue weighted by Gasteiger charge is 2.35. The van der Waals surface area contributed by atoms with E-state index in [1.165, 1.54) is 0 Å². The third-order valence-corrected chi connectivity index (χ3v) is 4.76. The molecule has 0 saturated carbocycles. The van der Waals surface area contributed by atoms with Crippen LogP contribution in [-0.2, 0) is 11.4 Å². The Morgan fingerprint density at radius 1 is 1.40 bits per heavy atom. The fourth-order valence-electron chi connectivity index (χ4n) is 3.36. The van der Waals surface area contributed by atoms with Crippen LogP contribution in [0.2, 0.25) is 0 Å². The van der Waals surface area contributed by atoms with Crippen molar-refractivity contribution < 1.29 is 19.1 Å². The lowest BCUT2D eigenvalue weighted by Crippen LogP contribution is -2.46. The second kappa shape index (κ2) is 7.74. The molecule has 5 heteroatoms. The summed E-state index contributed by atoms with van der Waals surface area (Å²) in [7, 11) is 0. The summed E-state index contributed by atoms with van der Waals surface area (Å²) in [6, 6.07) is 10.9. The molecule has 1 amide bonds. The minimum absolute atomic E-state index is 0.0392. The molecule has 1 fully saturated rings. The lowest BCUT2D eigenvalue weighted by atomic mass is 9.90. The van der Waals surface area contributed by atoms with E-state index in [9.17, 15) is 9.90 Å². The Kier molecular flexibility index (Phi) is 5.43. The largest absolute Gasteiger partial charge is 0.481 e. The molecule has 2 heterocycles. The van der Waals surface area contributed by atoms with Gasteiger partial charge in [-0.3, -0.25) is 4.79 Å². The zero-order valence-corrected chi connectivity index (χ0v) is 14.7. The minimum atomic E-state index is -0.597. The number of likely N-dealkylation sites (tertiary alicyclic amines) is 1. The van der Waals surface area contributed by atoms with E-state index in [1.54, 1.807) is 25.3 Å². The first-order valence-electron chi connectivity index (χ1n) is 8.79. The van der Waals surface area contributed by atoms with Gasteiger partial charge in [-0.1, -0.05) is 19.1 Å². The van der Waals surface area contributed by atoms with Crippen molar-refractivity contribution in [2.75, 3.05) is 6.54 Å². The van der Waals surface area contributed by atoms with E-state index < -0.39 is 6.10 Å². The molecule has 1 aromatic carbocycles. The van der Waals surface area contributed by atoms with E-state index in [2.05, 4.69) is 6.92 Å². The van der Waals surface area contributed by atoms with Crippen LogP contribution in [0.15, 0.2) is 47.1 Å². The van der Waals surface area contributed by atoms with E-state index in [1.807, 2.05) is 29.2 Å². The first kappa shape index (κ1) is 17.5. The molecule has 1 aromatic heterocycles. The lowest BCUT2D eigenvalue weighted by Gasteiger charge is -2.38.